The summed E-state index contributed by atoms with van der Waals surface area (Å²) in [5, 5.41) is 18.9. The first-order chi connectivity index (χ1) is 11.9. The molecule has 0 atom stereocenters. The van der Waals surface area contributed by atoms with E-state index in [4.69, 9.17) is 42.5 Å². The standard InChI is InChI=1S/C17H20Cl2O6/c18-12-9-11(16(21)22)13(19)15(14(12)20)23-6-3-10-1-4-17(5-2-10)24-7-8-25-17/h9-10,20H,1-8H2,(H,21,22). The Morgan fingerprint density at radius 1 is 1.28 bits per heavy atom. The first-order valence-corrected chi connectivity index (χ1v) is 9.02. The molecule has 2 fully saturated rings. The van der Waals surface area contributed by atoms with Crippen LogP contribution in [0, 0.1) is 5.92 Å². The molecule has 0 unspecified atom stereocenters. The van der Waals surface area contributed by atoms with Crippen molar-refractivity contribution < 1.29 is 29.2 Å². The lowest BCUT2D eigenvalue weighted by Crippen LogP contribution is -2.35. The number of aromatic hydroxyl groups is 1. The topological polar surface area (TPSA) is 85.2 Å². The molecule has 1 aromatic carbocycles. The summed E-state index contributed by atoms with van der Waals surface area (Å²) in [5.41, 5.74) is -0.199. The molecule has 2 aliphatic rings. The van der Waals surface area contributed by atoms with Crippen molar-refractivity contribution in [1.29, 1.82) is 0 Å². The van der Waals surface area contributed by atoms with E-state index < -0.39 is 5.97 Å². The summed E-state index contributed by atoms with van der Waals surface area (Å²) in [6, 6.07) is 1.11. The molecule has 25 heavy (non-hydrogen) atoms. The number of halogens is 2. The van der Waals surface area contributed by atoms with Crippen LogP contribution < -0.4 is 4.74 Å². The van der Waals surface area contributed by atoms with Gasteiger partial charge in [0.05, 0.1) is 30.4 Å². The summed E-state index contributed by atoms with van der Waals surface area (Å²) in [6.07, 6.45) is 4.44. The highest BCUT2D eigenvalue weighted by atomic mass is 35.5. The molecule has 1 saturated heterocycles. The number of carbonyl (C=O) groups is 1. The van der Waals surface area contributed by atoms with Crippen molar-refractivity contribution in [3.05, 3.63) is 21.7 Å². The maximum absolute atomic E-state index is 11.2. The van der Waals surface area contributed by atoms with E-state index in [0.717, 1.165) is 38.2 Å². The maximum Gasteiger partial charge on any atom is 0.337 e. The summed E-state index contributed by atoms with van der Waals surface area (Å²) < 4.78 is 17.0. The summed E-state index contributed by atoms with van der Waals surface area (Å²) in [6.45, 7) is 1.63. The highest BCUT2D eigenvalue weighted by Crippen LogP contribution is 2.43. The Bertz CT molecular complexity index is 647. The minimum Gasteiger partial charge on any atom is -0.503 e. The van der Waals surface area contributed by atoms with Gasteiger partial charge in [-0.3, -0.25) is 0 Å². The fourth-order valence-electron chi connectivity index (χ4n) is 3.40. The molecular formula is C17H20Cl2O6. The highest BCUT2D eigenvalue weighted by Gasteiger charge is 2.40. The van der Waals surface area contributed by atoms with Gasteiger partial charge in [0.15, 0.2) is 17.3 Å². The van der Waals surface area contributed by atoms with E-state index in [1.54, 1.807) is 0 Å². The van der Waals surface area contributed by atoms with Crippen LogP contribution in [-0.2, 0) is 9.47 Å². The van der Waals surface area contributed by atoms with Crippen LogP contribution in [0.15, 0.2) is 6.07 Å². The lowest BCUT2D eigenvalue weighted by atomic mass is 9.83. The van der Waals surface area contributed by atoms with E-state index in [-0.39, 0.29) is 32.9 Å². The van der Waals surface area contributed by atoms with Crippen molar-refractivity contribution >= 4 is 29.2 Å². The fourth-order valence-corrected chi connectivity index (χ4v) is 3.87. The van der Waals surface area contributed by atoms with Crippen LogP contribution >= 0.6 is 23.2 Å². The van der Waals surface area contributed by atoms with Gasteiger partial charge < -0.3 is 24.4 Å². The Kier molecular flexibility index (Phi) is 5.63. The largest absolute Gasteiger partial charge is 0.503 e. The van der Waals surface area contributed by atoms with E-state index in [1.807, 2.05) is 0 Å². The molecule has 0 radical (unpaired) electrons. The molecule has 0 amide bonds. The zero-order chi connectivity index (χ0) is 18.0. The first kappa shape index (κ1) is 18.6. The second kappa shape index (κ2) is 7.58. The van der Waals surface area contributed by atoms with Gasteiger partial charge in [0.1, 0.15) is 5.02 Å². The predicted molar refractivity (Wildman–Crippen MR) is 91.8 cm³/mol. The van der Waals surface area contributed by atoms with E-state index in [2.05, 4.69) is 0 Å². The van der Waals surface area contributed by atoms with Crippen molar-refractivity contribution in [2.24, 2.45) is 5.92 Å². The molecule has 1 aliphatic carbocycles. The second-order valence-electron chi connectivity index (χ2n) is 6.39. The van der Waals surface area contributed by atoms with Gasteiger partial charge in [0.25, 0.3) is 0 Å². The number of hydrogen-bond acceptors (Lipinski definition) is 5. The van der Waals surface area contributed by atoms with Crippen LogP contribution in [0.25, 0.3) is 0 Å². The molecule has 0 aromatic heterocycles. The summed E-state index contributed by atoms with van der Waals surface area (Å²) in [5.74, 6) is -1.58. The third kappa shape index (κ3) is 3.97. The number of hydrogen-bond donors (Lipinski definition) is 2. The van der Waals surface area contributed by atoms with Gasteiger partial charge in [0, 0.05) is 12.8 Å². The van der Waals surface area contributed by atoms with Crippen molar-refractivity contribution in [3.63, 3.8) is 0 Å². The third-order valence-corrected chi connectivity index (χ3v) is 5.49. The van der Waals surface area contributed by atoms with Crippen LogP contribution in [0.1, 0.15) is 42.5 Å². The zero-order valence-corrected chi connectivity index (χ0v) is 15.1. The van der Waals surface area contributed by atoms with Crippen molar-refractivity contribution in [3.8, 4) is 11.5 Å². The Hall–Kier alpha value is -1.21. The first-order valence-electron chi connectivity index (χ1n) is 8.27. The summed E-state index contributed by atoms with van der Waals surface area (Å²) in [4.78, 5) is 11.2. The van der Waals surface area contributed by atoms with Crippen LogP contribution in [-0.4, -0.2) is 41.8 Å². The molecule has 1 heterocycles. The van der Waals surface area contributed by atoms with Crippen molar-refractivity contribution in [1.82, 2.24) is 0 Å². The van der Waals surface area contributed by atoms with Crippen LogP contribution in [0.4, 0.5) is 0 Å². The maximum atomic E-state index is 11.2. The number of benzene rings is 1. The van der Waals surface area contributed by atoms with Crippen LogP contribution in [0.3, 0.4) is 0 Å². The zero-order valence-electron chi connectivity index (χ0n) is 13.6. The molecule has 1 aliphatic heterocycles. The number of ether oxygens (including phenoxy) is 3. The monoisotopic (exact) mass is 390 g/mol. The number of carboxylic acid groups (broad SMARTS) is 1. The van der Waals surface area contributed by atoms with Gasteiger partial charge in [-0.25, -0.2) is 4.79 Å². The van der Waals surface area contributed by atoms with Crippen LogP contribution in [0.5, 0.6) is 11.5 Å². The number of carboxylic acids is 1. The van der Waals surface area contributed by atoms with Crippen molar-refractivity contribution in [2.75, 3.05) is 19.8 Å². The quantitative estimate of drug-likeness (QED) is 0.786. The molecule has 138 valence electrons. The van der Waals surface area contributed by atoms with Gasteiger partial charge in [-0.2, -0.15) is 0 Å². The predicted octanol–water partition coefficient (Wildman–Crippen LogP) is 4.10. The molecule has 1 aromatic rings. The van der Waals surface area contributed by atoms with Crippen LogP contribution in [0.2, 0.25) is 10.0 Å². The Balaban J connectivity index is 1.57. The van der Waals surface area contributed by atoms with Crippen molar-refractivity contribution in [2.45, 2.75) is 37.9 Å². The number of phenols is 1. The molecule has 8 heteroatoms. The fraction of sp³-hybridized carbons (Fsp3) is 0.588. The number of phenolic OH excluding ortho intramolecular Hbond substituents is 1. The van der Waals surface area contributed by atoms with E-state index >= 15 is 0 Å². The average molecular weight is 391 g/mol. The average Bonchev–Trinajstić information content (AvgIpc) is 3.04. The number of rotatable bonds is 5. The van der Waals surface area contributed by atoms with Gasteiger partial charge in [0.2, 0.25) is 0 Å². The molecule has 1 spiro atoms. The van der Waals surface area contributed by atoms with E-state index in [0.29, 0.717) is 25.7 Å². The minimum atomic E-state index is -1.23. The highest BCUT2D eigenvalue weighted by molar-refractivity contribution is 6.38. The normalized spacial score (nSPS) is 20.1. The minimum absolute atomic E-state index is 0.0821. The van der Waals surface area contributed by atoms with Gasteiger partial charge >= 0.3 is 5.97 Å². The molecule has 1 saturated carbocycles. The van der Waals surface area contributed by atoms with Gasteiger partial charge in [-0.1, -0.05) is 23.2 Å². The smallest absolute Gasteiger partial charge is 0.337 e. The number of aromatic carboxylic acids is 1. The van der Waals surface area contributed by atoms with E-state index in [1.165, 1.54) is 0 Å². The third-order valence-electron chi connectivity index (χ3n) is 4.83. The summed E-state index contributed by atoms with van der Waals surface area (Å²) in [7, 11) is 0. The van der Waals surface area contributed by atoms with E-state index in [9.17, 15) is 9.90 Å². The lowest BCUT2D eigenvalue weighted by Gasteiger charge is -2.35. The Morgan fingerprint density at radius 2 is 1.92 bits per heavy atom. The SMILES string of the molecule is O=C(O)c1cc(Cl)c(O)c(OCCC2CCC3(CC2)OCCO3)c1Cl. The lowest BCUT2D eigenvalue weighted by molar-refractivity contribution is -0.182. The van der Waals surface area contributed by atoms with Gasteiger partial charge in [-0.05, 0) is 31.2 Å². The molecule has 2 N–H and O–H groups in total. The molecule has 0 bridgehead atoms. The second-order valence-corrected chi connectivity index (χ2v) is 7.18. The molecule has 3 rings (SSSR count). The van der Waals surface area contributed by atoms with Gasteiger partial charge in [-0.15, -0.1) is 0 Å². The Morgan fingerprint density at radius 3 is 2.52 bits per heavy atom. The Labute approximate surface area is 155 Å². The summed E-state index contributed by atoms with van der Waals surface area (Å²) >= 11 is 11.9. The molecular weight excluding hydrogens is 371 g/mol. The molecule has 6 nitrogen and oxygen atoms in total.